The van der Waals surface area contributed by atoms with Gasteiger partial charge in [-0.1, -0.05) is 114 Å². The first-order valence-corrected chi connectivity index (χ1v) is 17.6. The minimum Gasteiger partial charge on any atom is -0.462 e. The predicted octanol–water partition coefficient (Wildman–Crippen LogP) is 7.81. The van der Waals surface area contributed by atoms with Crippen LogP contribution in [0.5, 0.6) is 0 Å². The minimum absolute atomic E-state index is 0.157. The van der Waals surface area contributed by atoms with E-state index in [-0.39, 0.29) is 19.4 Å². The van der Waals surface area contributed by atoms with Crippen molar-refractivity contribution in [3.05, 3.63) is 48.6 Å². The molecule has 0 heterocycles. The number of carbonyl (C=O) groups is 2. The van der Waals surface area contributed by atoms with Gasteiger partial charge in [0.05, 0.1) is 12.7 Å². The van der Waals surface area contributed by atoms with Gasteiger partial charge in [0.1, 0.15) is 6.61 Å². The number of ether oxygens (including phenoxy) is 2. The molecule has 9 nitrogen and oxygen atoms in total. The SMILES string of the molecule is CCCCC/C=C\C=C/[C@@H](O)C/C=C\C/C=C/CCCC(=O)OC[C@H](COP(=O)(O)O)OC(=O)CCCCCCCCC. The topological polar surface area (TPSA) is 140 Å². The number of aliphatic hydroxyl groups is 1. The number of esters is 2. The summed E-state index contributed by atoms with van der Waals surface area (Å²) in [6.45, 7) is 3.43. The van der Waals surface area contributed by atoms with Crippen LogP contribution in [-0.2, 0) is 28.2 Å². The predicted molar refractivity (Wildman–Crippen MR) is 171 cm³/mol. The summed E-state index contributed by atoms with van der Waals surface area (Å²) in [5.41, 5.74) is 0. The van der Waals surface area contributed by atoms with Gasteiger partial charge < -0.3 is 24.4 Å². The van der Waals surface area contributed by atoms with Crippen molar-refractivity contribution in [2.75, 3.05) is 13.2 Å². The molecule has 3 N–H and O–H groups in total. The quantitative estimate of drug-likeness (QED) is 0.0260. The van der Waals surface area contributed by atoms with Gasteiger partial charge in [0.25, 0.3) is 0 Å². The molecule has 0 bridgehead atoms. The number of phosphoric ester groups is 1. The lowest BCUT2D eigenvalue weighted by Crippen LogP contribution is -2.29. The molecule has 0 spiro atoms. The van der Waals surface area contributed by atoms with Crippen LogP contribution in [-0.4, -0.2) is 52.3 Å². The van der Waals surface area contributed by atoms with Crippen molar-refractivity contribution < 1.29 is 43.0 Å². The standard InChI is InChI=1S/C33H57O9P/c1-3-5-7-9-12-16-20-24-30(34)25-21-17-14-11-15-18-22-26-32(35)40-28-31(29-41-43(37,38)39)42-33(36)27-23-19-13-10-8-6-4-2/h11-12,15-17,20-21,24,30-31,34H,3-10,13-14,18-19,22-23,25-29H2,1-2H3,(H2,37,38,39)/b15-11+,16-12-,21-17-,24-20-/t30-,31-/m1/s1. The van der Waals surface area contributed by atoms with E-state index in [2.05, 4.69) is 24.4 Å². The van der Waals surface area contributed by atoms with E-state index < -0.39 is 38.6 Å². The minimum atomic E-state index is -4.76. The van der Waals surface area contributed by atoms with E-state index in [9.17, 15) is 19.3 Å². The molecule has 0 rings (SSSR count). The summed E-state index contributed by atoms with van der Waals surface area (Å²) in [5.74, 6) is -1.00. The normalized spacial score (nSPS) is 13.9. The molecule has 0 aromatic heterocycles. The van der Waals surface area contributed by atoms with Crippen LogP contribution in [0.3, 0.4) is 0 Å². The van der Waals surface area contributed by atoms with Crippen molar-refractivity contribution in [2.45, 2.75) is 135 Å². The van der Waals surface area contributed by atoms with Crippen molar-refractivity contribution in [1.82, 2.24) is 0 Å². The van der Waals surface area contributed by atoms with Crippen LogP contribution in [0.25, 0.3) is 0 Å². The number of allylic oxidation sites excluding steroid dienone is 6. The van der Waals surface area contributed by atoms with Crippen molar-refractivity contribution in [3.63, 3.8) is 0 Å². The van der Waals surface area contributed by atoms with Gasteiger partial charge in [0.15, 0.2) is 6.10 Å². The molecule has 248 valence electrons. The maximum absolute atomic E-state index is 12.2. The van der Waals surface area contributed by atoms with Crippen LogP contribution in [0.2, 0.25) is 0 Å². The molecule has 0 unspecified atom stereocenters. The van der Waals surface area contributed by atoms with Gasteiger partial charge in [-0.15, -0.1) is 0 Å². The monoisotopic (exact) mass is 628 g/mol. The Hall–Kier alpha value is -2.03. The first-order chi connectivity index (χ1) is 20.7. The number of rotatable bonds is 28. The van der Waals surface area contributed by atoms with Crippen LogP contribution in [0.1, 0.15) is 123 Å². The smallest absolute Gasteiger partial charge is 0.462 e. The summed E-state index contributed by atoms with van der Waals surface area (Å²) in [6.07, 6.45) is 28.9. The summed E-state index contributed by atoms with van der Waals surface area (Å²) in [5, 5.41) is 9.98. The highest BCUT2D eigenvalue weighted by molar-refractivity contribution is 7.46. The van der Waals surface area contributed by atoms with E-state index in [0.717, 1.165) is 32.1 Å². The Balaban J connectivity index is 4.19. The molecule has 0 saturated heterocycles. The second-order valence-electron chi connectivity index (χ2n) is 10.6. The van der Waals surface area contributed by atoms with Gasteiger partial charge in [-0.2, -0.15) is 0 Å². The van der Waals surface area contributed by atoms with Crippen molar-refractivity contribution >= 4 is 19.8 Å². The lowest BCUT2D eigenvalue weighted by Gasteiger charge is -2.18. The van der Waals surface area contributed by atoms with E-state index in [0.29, 0.717) is 25.7 Å². The summed E-state index contributed by atoms with van der Waals surface area (Å²) in [7, 11) is -4.76. The number of hydrogen-bond acceptors (Lipinski definition) is 7. The zero-order valence-corrected chi connectivity index (χ0v) is 27.3. The van der Waals surface area contributed by atoms with Crippen molar-refractivity contribution in [2.24, 2.45) is 0 Å². The molecule has 0 radical (unpaired) electrons. The fourth-order valence-electron chi connectivity index (χ4n) is 3.97. The molecule has 0 aromatic carbocycles. The number of unbranched alkanes of at least 4 members (excludes halogenated alkanes) is 10. The van der Waals surface area contributed by atoms with Gasteiger partial charge >= 0.3 is 19.8 Å². The summed E-state index contributed by atoms with van der Waals surface area (Å²) in [6, 6.07) is 0. The Morgan fingerprint density at radius 1 is 0.721 bits per heavy atom. The van der Waals surface area contributed by atoms with E-state index >= 15 is 0 Å². The van der Waals surface area contributed by atoms with Gasteiger partial charge in [-0.05, 0) is 44.9 Å². The second kappa shape index (κ2) is 28.7. The average Bonchev–Trinajstić information content (AvgIpc) is 2.96. The Kier molecular flexibility index (Phi) is 27.4. The van der Waals surface area contributed by atoms with E-state index in [4.69, 9.17) is 19.3 Å². The molecule has 2 atom stereocenters. The van der Waals surface area contributed by atoms with Crippen LogP contribution < -0.4 is 0 Å². The molecular formula is C33H57O9P. The number of hydrogen-bond donors (Lipinski definition) is 3. The van der Waals surface area contributed by atoms with E-state index in [1.807, 2.05) is 36.5 Å². The second-order valence-corrected chi connectivity index (χ2v) is 11.9. The molecule has 0 fully saturated rings. The Bertz CT molecular complexity index is 860. The van der Waals surface area contributed by atoms with Crippen LogP contribution >= 0.6 is 7.82 Å². The highest BCUT2D eigenvalue weighted by atomic mass is 31.2. The summed E-state index contributed by atoms with van der Waals surface area (Å²) < 4.78 is 26.0. The third kappa shape index (κ3) is 31.2. The van der Waals surface area contributed by atoms with Crippen molar-refractivity contribution in [3.8, 4) is 0 Å². The highest BCUT2D eigenvalue weighted by Crippen LogP contribution is 2.35. The zero-order chi connectivity index (χ0) is 32.0. The van der Waals surface area contributed by atoms with E-state index in [1.54, 1.807) is 6.08 Å². The fourth-order valence-corrected chi connectivity index (χ4v) is 4.33. The van der Waals surface area contributed by atoms with Crippen LogP contribution in [0, 0.1) is 0 Å². The lowest BCUT2D eigenvalue weighted by molar-refractivity contribution is -0.161. The number of aliphatic hydroxyl groups excluding tert-OH is 1. The van der Waals surface area contributed by atoms with E-state index in [1.165, 1.54) is 38.5 Å². The molecule has 0 aliphatic carbocycles. The molecule has 0 aliphatic heterocycles. The number of carbonyl (C=O) groups excluding carboxylic acids is 2. The van der Waals surface area contributed by atoms with Crippen molar-refractivity contribution in [1.29, 1.82) is 0 Å². The molecule has 43 heavy (non-hydrogen) atoms. The summed E-state index contributed by atoms with van der Waals surface area (Å²) in [4.78, 5) is 42.3. The molecule has 0 aliphatic rings. The van der Waals surface area contributed by atoms with Gasteiger partial charge in [-0.25, -0.2) is 4.57 Å². The maximum Gasteiger partial charge on any atom is 0.469 e. The van der Waals surface area contributed by atoms with Crippen LogP contribution in [0.4, 0.5) is 0 Å². The first-order valence-electron chi connectivity index (χ1n) is 16.0. The Labute approximate surface area is 259 Å². The molecular weight excluding hydrogens is 571 g/mol. The third-order valence-electron chi connectivity index (χ3n) is 6.43. The largest absolute Gasteiger partial charge is 0.469 e. The van der Waals surface area contributed by atoms with Gasteiger partial charge in [0, 0.05) is 12.8 Å². The average molecular weight is 629 g/mol. The zero-order valence-electron chi connectivity index (χ0n) is 26.4. The fraction of sp³-hybridized carbons (Fsp3) is 0.697. The molecule has 0 aromatic rings. The molecule has 0 amide bonds. The molecule has 10 heteroatoms. The summed E-state index contributed by atoms with van der Waals surface area (Å²) >= 11 is 0. The lowest BCUT2D eigenvalue weighted by atomic mass is 10.1. The van der Waals surface area contributed by atoms with Gasteiger partial charge in [-0.3, -0.25) is 14.1 Å². The van der Waals surface area contributed by atoms with Gasteiger partial charge in [0.2, 0.25) is 0 Å². The first kappa shape index (κ1) is 41.0. The maximum atomic E-state index is 12.2. The Morgan fingerprint density at radius 3 is 2.07 bits per heavy atom. The Morgan fingerprint density at radius 2 is 1.35 bits per heavy atom. The highest BCUT2D eigenvalue weighted by Gasteiger charge is 2.22. The third-order valence-corrected chi connectivity index (χ3v) is 6.92. The molecule has 0 saturated carbocycles. The number of phosphoric acid groups is 1. The van der Waals surface area contributed by atoms with Crippen LogP contribution in [0.15, 0.2) is 48.6 Å².